The smallest absolute Gasteiger partial charge is 0.422 e. The summed E-state index contributed by atoms with van der Waals surface area (Å²) in [5.74, 6) is -78.4. The van der Waals surface area contributed by atoms with Gasteiger partial charge >= 0.3 is 60.4 Å². The van der Waals surface area contributed by atoms with E-state index in [1.807, 2.05) is 0 Å². The fourth-order valence-corrected chi connectivity index (χ4v) is 11.1. The van der Waals surface area contributed by atoms with Crippen molar-refractivity contribution in [3.8, 4) is 104 Å². The number of halogens is 32. The van der Waals surface area contributed by atoms with Crippen LogP contribution in [0, 0.1) is 69.8 Å². The molecule has 0 saturated carbocycles. The van der Waals surface area contributed by atoms with Crippen LogP contribution < -0.4 is 57.2 Å². The summed E-state index contributed by atoms with van der Waals surface area (Å²) in [7, 11) is 0. The number of fused-ring (bicyclic) bond motifs is 8. The van der Waals surface area contributed by atoms with Crippen LogP contribution in [0.5, 0.6) is 104 Å². The molecular formula is C66H20F32N6O10. The summed E-state index contributed by atoms with van der Waals surface area (Å²) in [6.45, 7) is -6.09. The first-order valence-corrected chi connectivity index (χ1v) is 30.1. The third kappa shape index (κ3) is 12.7. The number of hydrogen-bond acceptors (Lipinski definition) is 16. The Balaban J connectivity index is 0.717. The number of alkyl halides is 20. The molecule has 0 radical (unpaired) electrons. The lowest BCUT2D eigenvalue weighted by Crippen LogP contribution is -2.65. The van der Waals surface area contributed by atoms with Gasteiger partial charge in [0, 0.05) is 24.3 Å². The first kappa shape index (κ1) is 78.0. The van der Waals surface area contributed by atoms with Gasteiger partial charge in [0.05, 0.1) is 58.9 Å². The second-order valence-electron chi connectivity index (χ2n) is 23.5. The summed E-state index contributed by atoms with van der Waals surface area (Å²) in [5.41, 5.74) is -14.3. The van der Waals surface area contributed by atoms with Crippen LogP contribution in [0.1, 0.15) is 22.3 Å². The van der Waals surface area contributed by atoms with Crippen molar-refractivity contribution in [2.45, 2.75) is 48.4 Å². The molecule has 8 aromatic carbocycles. The minimum Gasteiger partial charge on any atom is -0.457 e. The number of nitrogens with zero attached hydrogens (tertiary/aromatic N) is 6. The molecule has 114 heavy (non-hydrogen) atoms. The molecule has 10 aromatic rings. The predicted molar refractivity (Wildman–Crippen MR) is 310 cm³/mol. The van der Waals surface area contributed by atoms with Crippen molar-refractivity contribution in [2.24, 2.45) is 0 Å². The predicted octanol–water partition coefficient (Wildman–Crippen LogP) is 23.5. The fraction of sp³-hybridized carbons (Fsp3) is 0.152. The molecular weight excluding hydrogens is 1640 g/mol. The standard InChI is InChI=1S/C66H20F32N6O10/c67-37-33(61(83,84)85)41(71)49-53(45(37)75)111-29-9-19(1-5-25(29)107-49)103(20-2-6-26-30(10-20)112-54-46(76)38(68)34(62(86,87)88)42(72)50(54)108-26)23-13-99-57(100-14-23)105-17-59(79,80)65(95,96)66(97,98)60(81,82)18-106-58-101-15-24(16-102-58)104(21-3-7-27-31(11-21)113-55-47(77)39(69)35(63(89,90)91)43(73)51(55)109-27)22-4-8-28-32(12-22)114-56-48(78)40(70)36(64(92,93)94)44(74)52(56)110-28/h1-16H,17-18H2. The quantitative estimate of drug-likeness (QED) is 0.0706. The molecule has 0 aliphatic carbocycles. The molecule has 598 valence electrons. The van der Waals surface area contributed by atoms with Crippen molar-refractivity contribution in [1.82, 2.24) is 19.9 Å². The molecule has 16 nitrogen and oxygen atoms in total. The van der Waals surface area contributed by atoms with Crippen molar-refractivity contribution < 1.29 is 188 Å². The molecule has 4 aliphatic heterocycles. The molecule has 0 fully saturated rings. The fourth-order valence-electron chi connectivity index (χ4n) is 11.1. The molecule has 0 N–H and O–H groups in total. The third-order valence-electron chi connectivity index (χ3n) is 16.3. The Hall–Kier alpha value is -12.7. The monoisotopic (exact) mass is 1660 g/mol. The minimum atomic E-state index is -7.24. The van der Waals surface area contributed by atoms with Gasteiger partial charge in [-0.3, -0.25) is 0 Å². The number of hydrogen-bond donors (Lipinski definition) is 0. The van der Waals surface area contributed by atoms with E-state index in [9.17, 15) is 70.2 Å². The second kappa shape index (κ2) is 26.5. The van der Waals surface area contributed by atoms with Crippen LogP contribution in [-0.2, 0) is 24.7 Å². The van der Waals surface area contributed by atoms with Gasteiger partial charge in [-0.05, 0) is 48.5 Å². The lowest BCUT2D eigenvalue weighted by Gasteiger charge is -2.36. The second-order valence-corrected chi connectivity index (χ2v) is 23.5. The molecule has 0 spiro atoms. The van der Waals surface area contributed by atoms with Gasteiger partial charge in [-0.25, -0.2) is 55.1 Å². The van der Waals surface area contributed by atoms with E-state index in [0.29, 0.717) is 49.1 Å². The van der Waals surface area contributed by atoms with E-state index in [-0.39, 0.29) is 0 Å². The molecule has 6 heterocycles. The Morgan fingerprint density at radius 2 is 0.439 bits per heavy atom. The first-order chi connectivity index (χ1) is 53.0. The zero-order chi connectivity index (χ0) is 82.9. The Labute approximate surface area is 605 Å². The summed E-state index contributed by atoms with van der Waals surface area (Å²) < 4.78 is 518. The molecule has 2 aromatic heterocycles. The van der Waals surface area contributed by atoms with Gasteiger partial charge in [-0.15, -0.1) is 0 Å². The molecule has 4 aliphatic rings. The number of rotatable bonds is 15. The van der Waals surface area contributed by atoms with Gasteiger partial charge in [-0.2, -0.15) is 105 Å². The average Bonchev–Trinajstić information content (AvgIpc) is 0.758. The van der Waals surface area contributed by atoms with Crippen LogP contribution in [-0.4, -0.2) is 56.8 Å². The van der Waals surface area contributed by atoms with E-state index in [1.165, 1.54) is 0 Å². The van der Waals surface area contributed by atoms with Crippen LogP contribution in [0.3, 0.4) is 0 Å². The Morgan fingerprint density at radius 1 is 0.246 bits per heavy atom. The first-order valence-electron chi connectivity index (χ1n) is 30.1. The molecule has 0 bridgehead atoms. The maximum Gasteiger partial charge on any atom is 0.422 e. The van der Waals surface area contributed by atoms with Crippen molar-refractivity contribution >= 4 is 34.1 Å². The van der Waals surface area contributed by atoms with E-state index in [2.05, 4.69) is 29.4 Å². The normalized spacial score (nSPS) is 13.7. The SMILES string of the molecule is Fc1c(F)c(C(F)(F)F)c(F)c2c1Oc1cc(N(c3cnc(OCC(F)(F)C(F)(F)C(F)(F)C(F)(F)COc4ncc(N(c5ccc6c(c5)Oc5c(F)c(F)c(C(F)(F)F)c(F)c5O6)c5ccc6c(c5)Oc5c(F)c(F)c(C(F)(F)F)c(F)c5O6)cn4)nc3)c3ccc4c(c3)Oc3c(F)c(F)c(C(F)(F)F)c(F)c3O4)ccc1O2. The van der Waals surface area contributed by atoms with Gasteiger partial charge in [0.15, 0.2) is 106 Å². The summed E-state index contributed by atoms with van der Waals surface area (Å²) in [4.78, 5) is 15.3. The van der Waals surface area contributed by atoms with Crippen molar-refractivity contribution in [3.63, 3.8) is 0 Å². The number of benzene rings is 8. The third-order valence-corrected chi connectivity index (χ3v) is 16.3. The highest BCUT2D eigenvalue weighted by Crippen LogP contribution is 2.61. The van der Waals surface area contributed by atoms with Crippen LogP contribution in [0.15, 0.2) is 97.6 Å². The van der Waals surface area contributed by atoms with E-state index in [4.69, 9.17) is 37.9 Å². The molecule has 0 amide bonds. The van der Waals surface area contributed by atoms with E-state index < -0.39 is 292 Å². The van der Waals surface area contributed by atoms with E-state index in [1.54, 1.807) is 0 Å². The molecule has 14 rings (SSSR count). The van der Waals surface area contributed by atoms with Crippen molar-refractivity contribution in [3.05, 3.63) is 190 Å². The highest BCUT2D eigenvalue weighted by molar-refractivity contribution is 5.82. The maximum atomic E-state index is 15.5. The average molecular weight is 1660 g/mol. The van der Waals surface area contributed by atoms with Gasteiger partial charge in [-0.1, -0.05) is 0 Å². The van der Waals surface area contributed by atoms with Crippen LogP contribution in [0.25, 0.3) is 0 Å². The summed E-state index contributed by atoms with van der Waals surface area (Å²) >= 11 is 0. The highest BCUT2D eigenvalue weighted by Gasteiger charge is 2.81. The number of aromatic nitrogens is 4. The number of ether oxygens (including phenoxy) is 10. The molecule has 48 heteroatoms. The van der Waals surface area contributed by atoms with Gasteiger partial charge in [0.2, 0.25) is 69.3 Å². The van der Waals surface area contributed by atoms with Crippen molar-refractivity contribution in [1.29, 1.82) is 0 Å². The van der Waals surface area contributed by atoms with Crippen molar-refractivity contribution in [2.75, 3.05) is 23.0 Å². The van der Waals surface area contributed by atoms with Crippen LogP contribution >= 0.6 is 0 Å². The Morgan fingerprint density at radius 3 is 0.640 bits per heavy atom. The van der Waals surface area contributed by atoms with E-state index >= 15 is 70.2 Å². The van der Waals surface area contributed by atoms with Gasteiger partial charge in [0.25, 0.3) is 0 Å². The van der Waals surface area contributed by atoms with Crippen LogP contribution in [0.4, 0.5) is 175 Å². The molecule has 0 atom stereocenters. The summed E-state index contributed by atoms with van der Waals surface area (Å²) in [6, 6.07) is 6.11. The molecule has 0 unspecified atom stereocenters. The lowest BCUT2D eigenvalue weighted by molar-refractivity contribution is -0.372. The van der Waals surface area contributed by atoms with Gasteiger partial charge < -0.3 is 57.2 Å². The Kier molecular flexibility index (Phi) is 18.1. The highest BCUT2D eigenvalue weighted by atomic mass is 19.4. The summed E-state index contributed by atoms with van der Waals surface area (Å²) in [5, 5.41) is 0. The summed E-state index contributed by atoms with van der Waals surface area (Å²) in [6.07, 6.45) is -21.7. The zero-order valence-corrected chi connectivity index (χ0v) is 53.5. The largest absolute Gasteiger partial charge is 0.457 e. The van der Waals surface area contributed by atoms with Crippen LogP contribution in [0.2, 0.25) is 0 Å². The minimum absolute atomic E-state index is 0.450. The Bertz CT molecular complexity index is 5060. The number of anilines is 6. The topological polar surface area (TPSA) is 150 Å². The van der Waals surface area contributed by atoms with Gasteiger partial charge in [0.1, 0.15) is 22.3 Å². The maximum absolute atomic E-state index is 15.5. The zero-order valence-electron chi connectivity index (χ0n) is 53.5. The van der Waals surface area contributed by atoms with E-state index in [0.717, 1.165) is 58.3 Å². The lowest BCUT2D eigenvalue weighted by atomic mass is 9.99. The molecule has 0 saturated heterocycles.